The fourth-order valence-corrected chi connectivity index (χ4v) is 2.52. The van der Waals surface area contributed by atoms with E-state index in [1.165, 1.54) is 6.08 Å². The molecule has 0 saturated carbocycles. The normalized spacial score (nSPS) is 13.0. The highest BCUT2D eigenvalue weighted by Gasteiger charge is 2.35. The van der Waals surface area contributed by atoms with Crippen LogP contribution in [0, 0.1) is 5.92 Å². The molecule has 0 bridgehead atoms. The van der Waals surface area contributed by atoms with Gasteiger partial charge < -0.3 is 14.6 Å². The van der Waals surface area contributed by atoms with Crippen molar-refractivity contribution in [2.75, 3.05) is 6.61 Å². The SMILES string of the molecule is CCOC(=O)[C@H](C(OCc1ccccc1)=C(F)F)[C@@H](O)/C=C/c1ccccc1. The molecule has 148 valence electrons. The molecule has 2 aromatic rings. The molecule has 4 nitrogen and oxygen atoms in total. The van der Waals surface area contributed by atoms with Crippen molar-refractivity contribution in [3.05, 3.63) is 89.7 Å². The second-order valence-corrected chi connectivity index (χ2v) is 5.89. The van der Waals surface area contributed by atoms with E-state index in [1.54, 1.807) is 67.6 Å². The molecule has 0 saturated heterocycles. The summed E-state index contributed by atoms with van der Waals surface area (Å²) < 4.78 is 37.3. The molecular formula is C22H22F2O4. The maximum Gasteiger partial charge on any atom is 0.319 e. The molecule has 28 heavy (non-hydrogen) atoms. The highest BCUT2D eigenvalue weighted by atomic mass is 19.3. The van der Waals surface area contributed by atoms with Crippen molar-refractivity contribution < 1.29 is 28.2 Å². The van der Waals surface area contributed by atoms with Crippen LogP contribution in [0.5, 0.6) is 0 Å². The zero-order valence-electron chi connectivity index (χ0n) is 15.4. The van der Waals surface area contributed by atoms with E-state index >= 15 is 0 Å². The van der Waals surface area contributed by atoms with Crippen molar-refractivity contribution >= 4 is 12.0 Å². The monoisotopic (exact) mass is 388 g/mol. The lowest BCUT2D eigenvalue weighted by Gasteiger charge is -2.21. The molecule has 0 radical (unpaired) electrons. The maximum absolute atomic E-state index is 13.6. The van der Waals surface area contributed by atoms with Crippen molar-refractivity contribution in [1.29, 1.82) is 0 Å². The molecule has 0 unspecified atom stereocenters. The molecule has 2 aromatic carbocycles. The van der Waals surface area contributed by atoms with Crippen molar-refractivity contribution in [2.45, 2.75) is 19.6 Å². The van der Waals surface area contributed by atoms with Crippen LogP contribution in [0.25, 0.3) is 6.08 Å². The molecule has 0 aliphatic carbocycles. The van der Waals surface area contributed by atoms with Crippen molar-refractivity contribution in [3.8, 4) is 0 Å². The van der Waals surface area contributed by atoms with Gasteiger partial charge >= 0.3 is 12.0 Å². The number of esters is 1. The van der Waals surface area contributed by atoms with Gasteiger partial charge in [0.25, 0.3) is 0 Å². The predicted molar refractivity (Wildman–Crippen MR) is 102 cm³/mol. The molecule has 2 atom stereocenters. The summed E-state index contributed by atoms with van der Waals surface area (Å²) >= 11 is 0. The number of ether oxygens (including phenoxy) is 2. The second kappa shape index (κ2) is 11.0. The molecule has 1 N–H and O–H groups in total. The van der Waals surface area contributed by atoms with Crippen molar-refractivity contribution in [2.24, 2.45) is 5.92 Å². The van der Waals surface area contributed by atoms with Crippen LogP contribution >= 0.6 is 0 Å². The number of carbonyl (C=O) groups excluding carboxylic acids is 1. The lowest BCUT2D eigenvalue weighted by Crippen LogP contribution is -2.32. The average Bonchev–Trinajstić information content (AvgIpc) is 2.70. The molecule has 0 aliphatic heterocycles. The summed E-state index contributed by atoms with van der Waals surface area (Å²) in [6.07, 6.45) is -0.916. The van der Waals surface area contributed by atoms with Crippen LogP contribution in [-0.2, 0) is 20.9 Å². The zero-order chi connectivity index (χ0) is 20.4. The van der Waals surface area contributed by atoms with Gasteiger partial charge in [-0.05, 0) is 18.1 Å². The quantitative estimate of drug-likeness (QED) is 0.505. The van der Waals surface area contributed by atoms with Gasteiger partial charge in [-0.2, -0.15) is 8.78 Å². The van der Waals surface area contributed by atoms with Crippen LogP contribution in [0.2, 0.25) is 0 Å². The third kappa shape index (κ3) is 6.32. The maximum atomic E-state index is 13.6. The standard InChI is InChI=1S/C22H22F2O4/c1-2-27-22(26)19(18(25)14-13-16-9-5-3-6-10-16)20(21(23)24)28-15-17-11-7-4-8-12-17/h3-14,18-19,25H,2,15H2,1H3/b14-13+/t18-,19-/m0/s1. The average molecular weight is 388 g/mol. The van der Waals surface area contributed by atoms with Crippen LogP contribution in [0.1, 0.15) is 18.1 Å². The van der Waals surface area contributed by atoms with Crippen LogP contribution in [-0.4, -0.2) is 23.8 Å². The first kappa shape index (κ1) is 21.3. The molecule has 6 heteroatoms. The summed E-state index contributed by atoms with van der Waals surface area (Å²) in [7, 11) is 0. The number of rotatable bonds is 9. The smallest absolute Gasteiger partial charge is 0.319 e. The van der Waals surface area contributed by atoms with Gasteiger partial charge in [0.05, 0.1) is 12.7 Å². The van der Waals surface area contributed by atoms with Gasteiger partial charge in [0.1, 0.15) is 12.5 Å². The fraction of sp³-hybridized carbons (Fsp3) is 0.227. The van der Waals surface area contributed by atoms with Gasteiger partial charge in [-0.3, -0.25) is 4.79 Å². The van der Waals surface area contributed by atoms with E-state index in [4.69, 9.17) is 9.47 Å². The first-order chi connectivity index (χ1) is 13.5. The summed E-state index contributed by atoms with van der Waals surface area (Å²) in [5.41, 5.74) is 1.40. The van der Waals surface area contributed by atoms with Gasteiger partial charge in [0.15, 0.2) is 5.76 Å². The largest absolute Gasteiger partial charge is 0.487 e. The highest BCUT2D eigenvalue weighted by Crippen LogP contribution is 2.26. The van der Waals surface area contributed by atoms with E-state index in [0.717, 1.165) is 5.56 Å². The Morgan fingerprint density at radius 3 is 2.21 bits per heavy atom. The Labute approximate surface area is 162 Å². The molecule has 0 heterocycles. The van der Waals surface area contributed by atoms with E-state index in [9.17, 15) is 18.7 Å². The number of hydrogen-bond acceptors (Lipinski definition) is 4. The summed E-state index contributed by atoms with van der Waals surface area (Å²) in [4.78, 5) is 12.3. The van der Waals surface area contributed by atoms with Gasteiger partial charge in [0.2, 0.25) is 0 Å². The van der Waals surface area contributed by atoms with Gasteiger partial charge in [0, 0.05) is 0 Å². The molecule has 0 aliphatic rings. The van der Waals surface area contributed by atoms with E-state index in [0.29, 0.717) is 5.56 Å². The molecule has 0 aromatic heterocycles. The molecule has 0 amide bonds. The number of halogens is 2. The number of hydrogen-bond donors (Lipinski definition) is 1. The van der Waals surface area contributed by atoms with Crippen LogP contribution in [0.15, 0.2) is 78.6 Å². The van der Waals surface area contributed by atoms with Gasteiger partial charge in [-0.1, -0.05) is 72.8 Å². The number of aliphatic hydroxyl groups is 1. The summed E-state index contributed by atoms with van der Waals surface area (Å²) in [5, 5.41) is 10.4. The van der Waals surface area contributed by atoms with Crippen molar-refractivity contribution in [3.63, 3.8) is 0 Å². The second-order valence-electron chi connectivity index (χ2n) is 5.89. The van der Waals surface area contributed by atoms with Gasteiger partial charge in [-0.15, -0.1) is 0 Å². The Morgan fingerprint density at radius 1 is 1.04 bits per heavy atom. The van der Waals surface area contributed by atoms with Crippen molar-refractivity contribution in [1.82, 2.24) is 0 Å². The first-order valence-electron chi connectivity index (χ1n) is 8.82. The molecule has 0 spiro atoms. The molecule has 2 rings (SSSR count). The fourth-order valence-electron chi connectivity index (χ4n) is 2.52. The Bertz CT molecular complexity index is 800. The third-order valence-corrected chi connectivity index (χ3v) is 3.87. The molecular weight excluding hydrogens is 366 g/mol. The minimum atomic E-state index is -2.18. The summed E-state index contributed by atoms with van der Waals surface area (Å²) in [6, 6.07) is 17.7. The number of carbonyl (C=O) groups is 1. The Morgan fingerprint density at radius 2 is 1.64 bits per heavy atom. The highest BCUT2D eigenvalue weighted by molar-refractivity contribution is 5.76. The minimum Gasteiger partial charge on any atom is -0.487 e. The van der Waals surface area contributed by atoms with Gasteiger partial charge in [-0.25, -0.2) is 0 Å². The van der Waals surface area contributed by atoms with E-state index < -0.39 is 29.8 Å². The zero-order valence-corrected chi connectivity index (χ0v) is 15.4. The summed E-state index contributed by atoms with van der Waals surface area (Å²) in [5.74, 6) is -3.55. The van der Waals surface area contributed by atoms with E-state index in [1.807, 2.05) is 6.07 Å². The number of benzene rings is 2. The predicted octanol–water partition coefficient (Wildman–Crippen LogP) is 4.56. The lowest BCUT2D eigenvalue weighted by atomic mass is 9.99. The first-order valence-corrected chi connectivity index (χ1v) is 8.82. The van der Waals surface area contributed by atoms with E-state index in [-0.39, 0.29) is 13.2 Å². The Balaban J connectivity index is 2.24. The summed E-state index contributed by atoms with van der Waals surface area (Å²) in [6.45, 7) is 1.38. The third-order valence-electron chi connectivity index (χ3n) is 3.87. The molecule has 0 fully saturated rings. The topological polar surface area (TPSA) is 55.8 Å². The lowest BCUT2D eigenvalue weighted by molar-refractivity contribution is -0.151. The Kier molecular flexibility index (Phi) is 8.37. The van der Waals surface area contributed by atoms with Crippen LogP contribution < -0.4 is 0 Å². The van der Waals surface area contributed by atoms with E-state index in [2.05, 4.69) is 0 Å². The van der Waals surface area contributed by atoms with Crippen LogP contribution in [0.3, 0.4) is 0 Å². The Hall–Kier alpha value is -2.99. The van der Waals surface area contributed by atoms with Crippen LogP contribution in [0.4, 0.5) is 8.78 Å². The minimum absolute atomic E-state index is 0.00960. The number of aliphatic hydroxyl groups excluding tert-OH is 1.